The van der Waals surface area contributed by atoms with Gasteiger partial charge in [0.05, 0.1) is 50.7 Å². The minimum atomic E-state index is -1.92. The van der Waals surface area contributed by atoms with Crippen molar-refractivity contribution in [2.75, 3.05) is 28.4 Å². The van der Waals surface area contributed by atoms with E-state index in [1.165, 1.54) is 0 Å². The maximum absolute atomic E-state index is 9.99. The van der Waals surface area contributed by atoms with Crippen LogP contribution in [-0.4, -0.2) is 47.2 Å². The number of methoxy groups -OCH3 is 4. The molecule has 2 aromatic rings. The quantitative estimate of drug-likeness (QED) is 0.298. The lowest BCUT2D eigenvalue weighted by Gasteiger charge is -2.38. The maximum Gasteiger partial charge on any atom is 0.146 e. The molecule has 0 aliphatic carbocycles. The highest BCUT2D eigenvalue weighted by atomic mass is 28.3. The minimum Gasteiger partial charge on any atom is -0.495 e. The van der Waals surface area contributed by atoms with Crippen molar-refractivity contribution in [3.05, 3.63) is 46.5 Å². The van der Waals surface area contributed by atoms with E-state index in [-0.39, 0.29) is 0 Å². The first-order chi connectivity index (χ1) is 18.7. The summed E-state index contributed by atoms with van der Waals surface area (Å²) in [5.41, 5.74) is 6.88. The number of benzene rings is 2. The fraction of sp³-hybridized carbons (Fsp3) is 0.471. The molecule has 0 spiro atoms. The molecular formula is C34H44O5Si. The van der Waals surface area contributed by atoms with Crippen molar-refractivity contribution in [3.63, 3.8) is 0 Å². The Balaban J connectivity index is 2.65. The fourth-order valence-electron chi connectivity index (χ4n) is 5.15. The monoisotopic (exact) mass is 560 g/mol. The molecule has 2 rings (SSSR count). The van der Waals surface area contributed by atoms with E-state index in [2.05, 4.69) is 76.7 Å². The average Bonchev–Trinajstić information content (AvgIpc) is 2.89. The van der Waals surface area contributed by atoms with Gasteiger partial charge in [0.25, 0.3) is 0 Å². The minimum absolute atomic E-state index is 0.525. The molecule has 0 fully saturated rings. The molecule has 0 aromatic heterocycles. The largest absolute Gasteiger partial charge is 0.495 e. The van der Waals surface area contributed by atoms with Gasteiger partial charge in [-0.05, 0) is 30.5 Å². The van der Waals surface area contributed by atoms with E-state index in [0.29, 0.717) is 56.3 Å². The summed E-state index contributed by atoms with van der Waals surface area (Å²) in [7, 11) is 4.49. The topological polar surface area (TPSA) is 57.2 Å². The first-order valence-electron chi connectivity index (χ1n) is 13.6. The SMILES string of the molecule is COc1cc(C#CC(C)(C)O)c(OC)cc1C#Cc1cc(OC)c(C#C[Si](C(C)C)(C(C)C)C(C)C)cc1OC. The van der Waals surface area contributed by atoms with E-state index < -0.39 is 13.7 Å². The van der Waals surface area contributed by atoms with Crippen LogP contribution in [-0.2, 0) is 0 Å². The summed E-state index contributed by atoms with van der Waals surface area (Å²) in [6.07, 6.45) is 0. The third-order valence-corrected chi connectivity index (χ3v) is 13.4. The fourth-order valence-corrected chi connectivity index (χ4v) is 10.4. The van der Waals surface area contributed by atoms with Gasteiger partial charge < -0.3 is 24.1 Å². The Labute approximate surface area is 242 Å². The summed E-state index contributed by atoms with van der Waals surface area (Å²) in [5.74, 6) is 18.0. The number of aliphatic hydroxyl groups is 1. The van der Waals surface area contributed by atoms with Gasteiger partial charge in [-0.3, -0.25) is 0 Å². The van der Waals surface area contributed by atoms with Crippen molar-refractivity contribution in [1.29, 1.82) is 0 Å². The van der Waals surface area contributed by atoms with E-state index in [4.69, 9.17) is 18.9 Å². The molecule has 1 N–H and O–H groups in total. The molecule has 40 heavy (non-hydrogen) atoms. The summed E-state index contributed by atoms with van der Waals surface area (Å²) in [4.78, 5) is 0. The zero-order valence-corrected chi connectivity index (χ0v) is 27.1. The molecular weight excluding hydrogens is 516 g/mol. The van der Waals surface area contributed by atoms with Crippen LogP contribution in [0, 0.1) is 35.1 Å². The summed E-state index contributed by atoms with van der Waals surface area (Å²) in [5, 5.41) is 9.99. The van der Waals surface area contributed by atoms with Crippen LogP contribution in [0.5, 0.6) is 23.0 Å². The summed E-state index contributed by atoms with van der Waals surface area (Å²) in [6, 6.07) is 7.30. The highest BCUT2D eigenvalue weighted by Crippen LogP contribution is 2.41. The average molecular weight is 561 g/mol. The van der Waals surface area contributed by atoms with Crippen molar-refractivity contribution in [2.45, 2.75) is 77.6 Å². The van der Waals surface area contributed by atoms with Crippen LogP contribution >= 0.6 is 0 Å². The molecule has 0 aliphatic rings. The molecule has 0 heterocycles. The molecule has 0 bridgehead atoms. The molecule has 0 radical (unpaired) electrons. The zero-order chi connectivity index (χ0) is 30.3. The van der Waals surface area contributed by atoms with Gasteiger partial charge >= 0.3 is 0 Å². The van der Waals surface area contributed by atoms with Crippen LogP contribution in [0.3, 0.4) is 0 Å². The van der Waals surface area contributed by atoms with Gasteiger partial charge in [-0.2, -0.15) is 0 Å². The highest BCUT2D eigenvalue weighted by molar-refractivity contribution is 6.90. The van der Waals surface area contributed by atoms with Crippen LogP contribution in [0.4, 0.5) is 0 Å². The van der Waals surface area contributed by atoms with Crippen molar-refractivity contribution in [1.82, 2.24) is 0 Å². The molecule has 0 saturated heterocycles. The second-order valence-corrected chi connectivity index (χ2v) is 16.8. The Kier molecular flexibility index (Phi) is 11.2. The van der Waals surface area contributed by atoms with Gasteiger partial charge in [0.15, 0.2) is 0 Å². The van der Waals surface area contributed by atoms with E-state index >= 15 is 0 Å². The van der Waals surface area contributed by atoms with Crippen molar-refractivity contribution < 1.29 is 24.1 Å². The number of hydrogen-bond acceptors (Lipinski definition) is 5. The van der Waals surface area contributed by atoms with Gasteiger partial charge in [0.1, 0.15) is 36.7 Å². The maximum atomic E-state index is 9.99. The number of rotatable bonds is 7. The van der Waals surface area contributed by atoms with Gasteiger partial charge in [-0.1, -0.05) is 71.1 Å². The number of ether oxygens (including phenoxy) is 4. The zero-order valence-electron chi connectivity index (χ0n) is 26.1. The molecule has 5 nitrogen and oxygen atoms in total. The van der Waals surface area contributed by atoms with Gasteiger partial charge in [-0.15, -0.1) is 5.54 Å². The van der Waals surface area contributed by atoms with E-state index in [1.807, 2.05) is 12.1 Å². The molecule has 0 atom stereocenters. The second-order valence-electron chi connectivity index (χ2n) is 11.2. The Bertz CT molecular complexity index is 1360. The molecule has 0 unspecified atom stereocenters. The molecule has 0 saturated carbocycles. The number of hydrogen-bond donors (Lipinski definition) is 1. The summed E-state index contributed by atoms with van der Waals surface area (Å²) >= 11 is 0. The molecule has 2 aromatic carbocycles. The Morgan fingerprint density at radius 1 is 0.575 bits per heavy atom. The molecule has 0 amide bonds. The van der Waals surface area contributed by atoms with Crippen LogP contribution in [0.1, 0.15) is 77.6 Å². The van der Waals surface area contributed by atoms with Gasteiger partial charge in [0.2, 0.25) is 0 Å². The molecule has 6 heteroatoms. The van der Waals surface area contributed by atoms with Crippen LogP contribution in [0.15, 0.2) is 24.3 Å². The lowest BCUT2D eigenvalue weighted by atomic mass is 10.1. The smallest absolute Gasteiger partial charge is 0.146 e. The van der Waals surface area contributed by atoms with Crippen molar-refractivity contribution in [2.24, 2.45) is 0 Å². The van der Waals surface area contributed by atoms with Crippen LogP contribution < -0.4 is 18.9 Å². The van der Waals surface area contributed by atoms with Gasteiger partial charge in [0, 0.05) is 24.3 Å². The van der Waals surface area contributed by atoms with Crippen LogP contribution in [0.2, 0.25) is 16.6 Å². The third-order valence-electron chi connectivity index (χ3n) is 7.16. The Morgan fingerprint density at radius 3 is 1.15 bits per heavy atom. The van der Waals surface area contributed by atoms with Crippen molar-refractivity contribution >= 4 is 8.07 Å². The lowest BCUT2D eigenvalue weighted by molar-refractivity contribution is 0.143. The predicted molar refractivity (Wildman–Crippen MR) is 166 cm³/mol. The molecule has 0 aliphatic heterocycles. The second kappa shape index (κ2) is 13.7. The van der Waals surface area contributed by atoms with Gasteiger partial charge in [-0.25, -0.2) is 0 Å². The Hall–Kier alpha value is -3.50. The van der Waals surface area contributed by atoms with E-state index in [1.54, 1.807) is 54.4 Å². The van der Waals surface area contributed by atoms with E-state index in [9.17, 15) is 5.11 Å². The lowest BCUT2D eigenvalue weighted by Crippen LogP contribution is -2.43. The normalized spacial score (nSPS) is 11.2. The predicted octanol–water partition coefficient (Wildman–Crippen LogP) is 6.81. The first kappa shape index (κ1) is 32.7. The van der Waals surface area contributed by atoms with Crippen LogP contribution in [0.25, 0.3) is 0 Å². The highest BCUT2D eigenvalue weighted by Gasteiger charge is 2.41. The summed E-state index contributed by atoms with van der Waals surface area (Å²) in [6.45, 7) is 17.0. The van der Waals surface area contributed by atoms with Crippen molar-refractivity contribution in [3.8, 4) is 58.1 Å². The first-order valence-corrected chi connectivity index (χ1v) is 15.8. The molecule has 214 valence electrons. The Morgan fingerprint density at radius 2 is 0.875 bits per heavy atom. The third kappa shape index (κ3) is 7.57. The van der Waals surface area contributed by atoms with E-state index in [0.717, 1.165) is 5.56 Å². The summed E-state index contributed by atoms with van der Waals surface area (Å²) < 4.78 is 22.6. The standard InChI is InChI=1S/C34H44O5Si/c1-23(2)40(24(3)4,25(5)6)18-16-29-22-31(37-10)27(20-33(29)39-12)14-13-26-19-32(38-11)28(21-30(26)36-9)15-17-34(7,8)35/h19-25,35H,1-12H3.